The minimum absolute atomic E-state index is 0.388. The van der Waals surface area contributed by atoms with E-state index < -0.39 is 0 Å². The van der Waals surface area contributed by atoms with Gasteiger partial charge in [0.1, 0.15) is 0 Å². The van der Waals surface area contributed by atoms with Gasteiger partial charge in [0.25, 0.3) is 5.96 Å². The van der Waals surface area contributed by atoms with E-state index in [0.29, 0.717) is 12.1 Å². The molecule has 1 aliphatic heterocycles. The molecule has 0 aromatic rings. The van der Waals surface area contributed by atoms with Crippen LogP contribution in [0, 0.1) is 0 Å². The molecule has 1 aliphatic rings. The Morgan fingerprint density at radius 1 is 1.43 bits per heavy atom. The zero-order valence-electron chi connectivity index (χ0n) is 9.30. The summed E-state index contributed by atoms with van der Waals surface area (Å²) in [5, 5.41) is 3.78. The first-order valence-electron chi connectivity index (χ1n) is 5.03. The van der Waals surface area contributed by atoms with Crippen molar-refractivity contribution in [2.75, 3.05) is 13.1 Å². The fourth-order valence-corrected chi connectivity index (χ4v) is 1.71. The van der Waals surface area contributed by atoms with Crippen LogP contribution in [-0.2, 0) is 0 Å². The first-order chi connectivity index (χ1) is 6.57. The molecule has 5 nitrogen and oxygen atoms in total. The summed E-state index contributed by atoms with van der Waals surface area (Å²) in [5.41, 5.74) is 8.51. The second-order valence-corrected chi connectivity index (χ2v) is 4.06. The third-order valence-electron chi connectivity index (χ3n) is 2.48. The normalized spacial score (nSPS) is 16.9. The zero-order valence-corrected chi connectivity index (χ0v) is 9.30. The number of nitrogens with zero attached hydrogens (tertiary/aromatic N) is 5. The maximum atomic E-state index is 8.51. The number of hydrogen-bond donors (Lipinski definition) is 0. The Kier molecular flexibility index (Phi) is 3.36. The van der Waals surface area contributed by atoms with Gasteiger partial charge in [-0.25, -0.2) is 0 Å². The van der Waals surface area contributed by atoms with Crippen molar-refractivity contribution in [3.63, 3.8) is 0 Å². The Hall–Kier alpha value is -1.22. The molecule has 0 radical (unpaired) electrons. The molecule has 0 amide bonds. The summed E-state index contributed by atoms with van der Waals surface area (Å²) < 4.78 is 2.14. The second-order valence-electron chi connectivity index (χ2n) is 4.06. The summed E-state index contributed by atoms with van der Waals surface area (Å²) in [6.45, 7) is 10.3. The van der Waals surface area contributed by atoms with E-state index in [1.165, 1.54) is 0 Å². The molecule has 0 saturated heterocycles. The van der Waals surface area contributed by atoms with Gasteiger partial charge < -0.3 is 0 Å². The quantitative estimate of drug-likeness (QED) is 0.287. The monoisotopic (exact) mass is 196 g/mol. The van der Waals surface area contributed by atoms with Gasteiger partial charge in [-0.1, -0.05) is 0 Å². The van der Waals surface area contributed by atoms with Crippen LogP contribution in [0.3, 0.4) is 0 Å². The summed E-state index contributed by atoms with van der Waals surface area (Å²) >= 11 is 0. The van der Waals surface area contributed by atoms with Crippen LogP contribution in [0.1, 0.15) is 27.7 Å². The highest BCUT2D eigenvalue weighted by atomic mass is 15.4. The zero-order chi connectivity index (χ0) is 10.7. The largest absolute Gasteiger partial charge is 0.285 e. The number of hydrogen-bond acceptors (Lipinski definition) is 2. The molecule has 0 N–H and O–H groups in total. The molecule has 0 aliphatic carbocycles. The van der Waals surface area contributed by atoms with E-state index in [4.69, 9.17) is 5.53 Å². The Morgan fingerprint density at radius 3 is 2.50 bits per heavy atom. The molecule has 0 aromatic heterocycles. The van der Waals surface area contributed by atoms with E-state index in [1.54, 1.807) is 0 Å². The van der Waals surface area contributed by atoms with Gasteiger partial charge in [0, 0.05) is 10.0 Å². The smallest absolute Gasteiger partial charge is 0.283 e. The molecular formula is C9H18N5+. The lowest BCUT2D eigenvalue weighted by Crippen LogP contribution is -2.34. The van der Waals surface area contributed by atoms with Crippen LogP contribution in [0.5, 0.6) is 0 Å². The third-order valence-corrected chi connectivity index (χ3v) is 2.48. The van der Waals surface area contributed by atoms with E-state index in [9.17, 15) is 0 Å². The molecule has 1 rings (SSSR count). The average Bonchev–Trinajstić information content (AvgIpc) is 2.48. The van der Waals surface area contributed by atoms with E-state index in [-0.39, 0.29) is 0 Å². The molecule has 0 atom stereocenters. The molecule has 5 heteroatoms. The van der Waals surface area contributed by atoms with Gasteiger partial charge in [0.2, 0.25) is 0 Å². The summed E-state index contributed by atoms with van der Waals surface area (Å²) in [4.78, 5) is 5.03. The number of guanidine groups is 1. The van der Waals surface area contributed by atoms with Crippen molar-refractivity contribution in [1.82, 2.24) is 4.90 Å². The van der Waals surface area contributed by atoms with Crippen molar-refractivity contribution in [2.45, 2.75) is 39.8 Å². The van der Waals surface area contributed by atoms with Crippen LogP contribution in [0.4, 0.5) is 0 Å². The van der Waals surface area contributed by atoms with E-state index >= 15 is 0 Å². The lowest BCUT2D eigenvalue weighted by atomic mass is 10.3. The topological polar surface area (TPSA) is 55.0 Å². The molecule has 1 heterocycles. The molecular weight excluding hydrogens is 178 g/mol. The Bertz CT molecular complexity index is 286. The van der Waals surface area contributed by atoms with Gasteiger partial charge in [-0.15, -0.1) is 0 Å². The summed E-state index contributed by atoms with van der Waals surface area (Å²) in [6, 6.07) is 0.776. The summed E-state index contributed by atoms with van der Waals surface area (Å²) in [7, 11) is 0. The third kappa shape index (κ3) is 1.99. The molecule has 0 aromatic carbocycles. The van der Waals surface area contributed by atoms with Crippen LogP contribution in [0.25, 0.3) is 10.4 Å². The Balaban J connectivity index is 3.02. The lowest BCUT2D eigenvalue weighted by molar-refractivity contribution is -0.550. The van der Waals surface area contributed by atoms with Crippen LogP contribution in [0.15, 0.2) is 5.11 Å². The molecule has 14 heavy (non-hydrogen) atoms. The molecule has 0 unspecified atom stereocenters. The Labute approximate surface area is 84.7 Å². The van der Waals surface area contributed by atoms with E-state index in [1.807, 2.05) is 0 Å². The molecule has 0 saturated carbocycles. The highest BCUT2D eigenvalue weighted by Gasteiger charge is 2.29. The van der Waals surface area contributed by atoms with Gasteiger partial charge >= 0.3 is 0 Å². The molecule has 0 bridgehead atoms. The number of azide groups is 1. The van der Waals surface area contributed by atoms with E-state index in [0.717, 1.165) is 19.0 Å². The van der Waals surface area contributed by atoms with Gasteiger partial charge in [-0.3, -0.25) is 9.48 Å². The highest BCUT2D eigenvalue weighted by Crippen LogP contribution is 2.10. The van der Waals surface area contributed by atoms with Crippen molar-refractivity contribution in [1.29, 1.82) is 0 Å². The van der Waals surface area contributed by atoms with E-state index in [2.05, 4.69) is 47.2 Å². The maximum absolute atomic E-state index is 8.51. The fraction of sp³-hybridized carbons (Fsp3) is 0.889. The predicted molar refractivity (Wildman–Crippen MR) is 56.3 cm³/mol. The maximum Gasteiger partial charge on any atom is 0.283 e. The molecule has 78 valence electrons. The summed E-state index contributed by atoms with van der Waals surface area (Å²) in [6.07, 6.45) is 0. The lowest BCUT2D eigenvalue weighted by Gasteiger charge is -2.17. The van der Waals surface area contributed by atoms with Gasteiger partial charge in [-0.05, 0) is 33.2 Å². The van der Waals surface area contributed by atoms with Crippen LogP contribution < -0.4 is 0 Å². The van der Waals surface area contributed by atoms with Crippen molar-refractivity contribution in [3.05, 3.63) is 10.4 Å². The van der Waals surface area contributed by atoms with Crippen molar-refractivity contribution >= 4 is 5.96 Å². The second kappa shape index (κ2) is 4.33. The van der Waals surface area contributed by atoms with Crippen LogP contribution >= 0.6 is 0 Å². The van der Waals surface area contributed by atoms with Crippen LogP contribution in [-0.4, -0.2) is 40.6 Å². The van der Waals surface area contributed by atoms with Crippen molar-refractivity contribution in [3.8, 4) is 0 Å². The fourth-order valence-electron chi connectivity index (χ4n) is 1.71. The number of rotatable bonds is 2. The minimum atomic E-state index is 0.388. The molecule has 0 spiro atoms. The first-order valence-corrected chi connectivity index (χ1v) is 5.03. The first kappa shape index (κ1) is 10.9. The standard InChI is InChI=1S/C9H18N5/c1-7(2)13-5-6-14(8(3)4)9(13)11-12-10/h7-8H,5-6H2,1-4H3/q+1. The summed E-state index contributed by atoms with van der Waals surface area (Å²) in [5.74, 6) is 0.775. The Morgan fingerprint density at radius 2 is 2.07 bits per heavy atom. The van der Waals surface area contributed by atoms with Crippen LogP contribution in [0.2, 0.25) is 0 Å². The van der Waals surface area contributed by atoms with Crippen molar-refractivity contribution < 1.29 is 4.58 Å². The van der Waals surface area contributed by atoms with Gasteiger partial charge in [-0.2, -0.15) is 0 Å². The average molecular weight is 196 g/mol. The highest BCUT2D eigenvalue weighted by molar-refractivity contribution is 5.77. The molecule has 0 fully saturated rings. The minimum Gasteiger partial charge on any atom is -0.285 e. The van der Waals surface area contributed by atoms with Gasteiger partial charge in [0.15, 0.2) is 0 Å². The SMILES string of the molecule is CC(C)N1CC[N+](C(C)C)=C1N=[N+]=[N-]. The van der Waals surface area contributed by atoms with Crippen molar-refractivity contribution in [2.24, 2.45) is 5.11 Å². The predicted octanol–water partition coefficient (Wildman–Crippen LogP) is 1.80. The van der Waals surface area contributed by atoms with Gasteiger partial charge in [0.05, 0.1) is 25.2 Å².